The largest absolute Gasteiger partial charge is 0.384 e. The minimum absolute atomic E-state index is 0.127. The molecule has 0 amide bonds. The molecule has 2 rings (SSSR count). The smallest absolute Gasteiger partial charge is 0.104 e. The third kappa shape index (κ3) is 2.17. The Bertz CT molecular complexity index is 554. The number of benzene rings is 1. The molecular formula is C12H8BrNO. The van der Waals surface area contributed by atoms with Crippen molar-refractivity contribution >= 4 is 26.8 Å². The molecule has 1 heterocycles. The van der Waals surface area contributed by atoms with Gasteiger partial charge in [-0.05, 0) is 24.3 Å². The van der Waals surface area contributed by atoms with Gasteiger partial charge >= 0.3 is 0 Å². The van der Waals surface area contributed by atoms with Crippen molar-refractivity contribution in [2.45, 2.75) is 0 Å². The van der Waals surface area contributed by atoms with Crippen LogP contribution in [0.2, 0.25) is 0 Å². The summed E-state index contributed by atoms with van der Waals surface area (Å²) in [6, 6.07) is 7.70. The van der Waals surface area contributed by atoms with E-state index < -0.39 is 0 Å². The molecule has 0 aliphatic heterocycles. The van der Waals surface area contributed by atoms with Crippen molar-refractivity contribution in [3.8, 4) is 11.8 Å². The zero-order chi connectivity index (χ0) is 10.7. The standard InChI is InChI=1S/C12H8BrNO/c13-10-3-4-12-11(8-10)9(2-1-7-15)5-6-14-12/h3-6,8,15H,7H2. The van der Waals surface area contributed by atoms with Crippen molar-refractivity contribution in [1.82, 2.24) is 4.98 Å². The van der Waals surface area contributed by atoms with Crippen LogP contribution in [0.4, 0.5) is 0 Å². The zero-order valence-electron chi connectivity index (χ0n) is 7.87. The van der Waals surface area contributed by atoms with Crippen molar-refractivity contribution in [3.63, 3.8) is 0 Å². The van der Waals surface area contributed by atoms with Gasteiger partial charge in [0.1, 0.15) is 6.61 Å². The highest BCUT2D eigenvalue weighted by molar-refractivity contribution is 9.10. The Hall–Kier alpha value is -1.37. The van der Waals surface area contributed by atoms with Crippen LogP contribution in [0.5, 0.6) is 0 Å². The van der Waals surface area contributed by atoms with Crippen LogP contribution in [0.3, 0.4) is 0 Å². The Morgan fingerprint density at radius 2 is 2.20 bits per heavy atom. The molecule has 0 aliphatic carbocycles. The van der Waals surface area contributed by atoms with Crippen LogP contribution in [-0.2, 0) is 0 Å². The Morgan fingerprint density at radius 1 is 1.33 bits per heavy atom. The molecule has 0 aliphatic rings. The van der Waals surface area contributed by atoms with Crippen LogP contribution >= 0.6 is 15.9 Å². The molecule has 0 radical (unpaired) electrons. The second-order valence-corrected chi connectivity index (χ2v) is 3.90. The van der Waals surface area contributed by atoms with E-state index in [4.69, 9.17) is 5.11 Å². The molecule has 1 N–H and O–H groups in total. The average Bonchev–Trinajstić information content (AvgIpc) is 2.26. The minimum atomic E-state index is -0.127. The maximum absolute atomic E-state index is 8.66. The van der Waals surface area contributed by atoms with Gasteiger partial charge in [-0.1, -0.05) is 27.8 Å². The van der Waals surface area contributed by atoms with Gasteiger partial charge in [-0.3, -0.25) is 4.98 Å². The van der Waals surface area contributed by atoms with Crippen LogP contribution in [0.25, 0.3) is 10.9 Å². The van der Waals surface area contributed by atoms with Crippen molar-refractivity contribution in [1.29, 1.82) is 0 Å². The van der Waals surface area contributed by atoms with Gasteiger partial charge < -0.3 is 5.11 Å². The molecule has 0 saturated heterocycles. The van der Waals surface area contributed by atoms with E-state index >= 15 is 0 Å². The zero-order valence-corrected chi connectivity index (χ0v) is 9.45. The number of pyridine rings is 1. The van der Waals surface area contributed by atoms with E-state index in [0.717, 1.165) is 20.9 Å². The molecule has 15 heavy (non-hydrogen) atoms. The van der Waals surface area contributed by atoms with E-state index in [1.807, 2.05) is 24.3 Å². The molecule has 1 aromatic heterocycles. The lowest BCUT2D eigenvalue weighted by atomic mass is 10.1. The van der Waals surface area contributed by atoms with E-state index in [-0.39, 0.29) is 6.61 Å². The summed E-state index contributed by atoms with van der Waals surface area (Å²) < 4.78 is 0.995. The fourth-order valence-electron chi connectivity index (χ4n) is 1.36. The first-order valence-electron chi connectivity index (χ1n) is 4.45. The molecule has 0 spiro atoms. The maximum Gasteiger partial charge on any atom is 0.104 e. The van der Waals surface area contributed by atoms with Gasteiger partial charge in [-0.25, -0.2) is 0 Å². The molecule has 2 aromatic rings. The number of rotatable bonds is 0. The van der Waals surface area contributed by atoms with Crippen molar-refractivity contribution in [3.05, 3.63) is 40.5 Å². The molecule has 0 fully saturated rings. The summed E-state index contributed by atoms with van der Waals surface area (Å²) in [6.45, 7) is -0.127. The predicted molar refractivity (Wildman–Crippen MR) is 63.4 cm³/mol. The Labute approximate surface area is 96.1 Å². The van der Waals surface area contributed by atoms with Gasteiger partial charge in [0.25, 0.3) is 0 Å². The molecule has 74 valence electrons. The second-order valence-electron chi connectivity index (χ2n) is 2.98. The van der Waals surface area contributed by atoms with E-state index in [1.54, 1.807) is 6.20 Å². The SMILES string of the molecule is OCC#Cc1ccnc2ccc(Br)cc12. The normalized spacial score (nSPS) is 9.73. The molecule has 0 atom stereocenters. The van der Waals surface area contributed by atoms with Gasteiger partial charge in [-0.15, -0.1) is 0 Å². The maximum atomic E-state index is 8.66. The average molecular weight is 262 g/mol. The first-order chi connectivity index (χ1) is 7.31. The monoisotopic (exact) mass is 261 g/mol. The van der Waals surface area contributed by atoms with Crippen LogP contribution < -0.4 is 0 Å². The quantitative estimate of drug-likeness (QED) is 0.739. The fraction of sp³-hybridized carbons (Fsp3) is 0.0833. The third-order valence-corrected chi connectivity index (χ3v) is 2.50. The highest BCUT2D eigenvalue weighted by Gasteiger charge is 1.99. The minimum Gasteiger partial charge on any atom is -0.384 e. The van der Waals surface area contributed by atoms with Crippen molar-refractivity contribution in [2.75, 3.05) is 6.61 Å². The van der Waals surface area contributed by atoms with Crippen LogP contribution in [0, 0.1) is 11.8 Å². The summed E-state index contributed by atoms with van der Waals surface area (Å²) in [4.78, 5) is 4.24. The van der Waals surface area contributed by atoms with E-state index in [1.165, 1.54) is 0 Å². The topological polar surface area (TPSA) is 33.1 Å². The Kier molecular flexibility index (Phi) is 3.00. The number of aromatic nitrogens is 1. The number of hydrogen-bond acceptors (Lipinski definition) is 2. The summed E-state index contributed by atoms with van der Waals surface area (Å²) in [7, 11) is 0. The van der Waals surface area contributed by atoms with E-state index in [0.29, 0.717) is 0 Å². The van der Waals surface area contributed by atoms with E-state index in [2.05, 4.69) is 32.8 Å². The summed E-state index contributed by atoms with van der Waals surface area (Å²) in [5.74, 6) is 5.54. The van der Waals surface area contributed by atoms with Crippen LogP contribution in [0.15, 0.2) is 34.9 Å². The highest BCUT2D eigenvalue weighted by Crippen LogP contribution is 2.20. The molecule has 1 aromatic carbocycles. The van der Waals surface area contributed by atoms with Crippen molar-refractivity contribution in [2.24, 2.45) is 0 Å². The molecule has 0 bridgehead atoms. The molecule has 0 saturated carbocycles. The fourth-order valence-corrected chi connectivity index (χ4v) is 1.72. The Morgan fingerprint density at radius 3 is 3.00 bits per heavy atom. The molecule has 0 unspecified atom stereocenters. The first-order valence-corrected chi connectivity index (χ1v) is 5.24. The number of nitrogens with zero attached hydrogens (tertiary/aromatic N) is 1. The summed E-state index contributed by atoms with van der Waals surface area (Å²) in [6.07, 6.45) is 1.72. The van der Waals surface area contributed by atoms with Gasteiger partial charge in [0.2, 0.25) is 0 Å². The molecule has 3 heteroatoms. The number of halogens is 1. The van der Waals surface area contributed by atoms with Crippen LogP contribution in [-0.4, -0.2) is 16.7 Å². The van der Waals surface area contributed by atoms with Crippen LogP contribution in [0.1, 0.15) is 5.56 Å². The third-order valence-electron chi connectivity index (χ3n) is 2.01. The van der Waals surface area contributed by atoms with E-state index in [9.17, 15) is 0 Å². The first kappa shape index (κ1) is 10.2. The second kappa shape index (κ2) is 4.43. The number of aliphatic hydroxyl groups excluding tert-OH is 1. The molecular weight excluding hydrogens is 254 g/mol. The summed E-state index contributed by atoms with van der Waals surface area (Å²) in [5.41, 5.74) is 1.79. The van der Waals surface area contributed by atoms with Gasteiger partial charge in [0.15, 0.2) is 0 Å². The Balaban J connectivity index is 2.68. The van der Waals surface area contributed by atoms with Crippen molar-refractivity contribution < 1.29 is 5.11 Å². The molecule has 2 nitrogen and oxygen atoms in total. The summed E-state index contributed by atoms with van der Waals surface area (Å²) >= 11 is 3.41. The van der Waals surface area contributed by atoms with Gasteiger partial charge in [0, 0.05) is 21.6 Å². The number of aliphatic hydroxyl groups is 1. The number of fused-ring (bicyclic) bond motifs is 1. The van der Waals surface area contributed by atoms with Gasteiger partial charge in [-0.2, -0.15) is 0 Å². The lowest BCUT2D eigenvalue weighted by Crippen LogP contribution is -1.84. The lowest BCUT2D eigenvalue weighted by Gasteiger charge is -2.00. The summed E-state index contributed by atoms with van der Waals surface area (Å²) in [5, 5.41) is 9.65. The highest BCUT2D eigenvalue weighted by atomic mass is 79.9. The number of hydrogen-bond donors (Lipinski definition) is 1. The lowest BCUT2D eigenvalue weighted by molar-refractivity contribution is 0.350. The van der Waals surface area contributed by atoms with Gasteiger partial charge in [0.05, 0.1) is 5.52 Å². The predicted octanol–water partition coefficient (Wildman–Crippen LogP) is 2.34.